The van der Waals surface area contributed by atoms with Crippen molar-refractivity contribution in [1.29, 1.82) is 0 Å². The van der Waals surface area contributed by atoms with Crippen LogP contribution in [0.4, 0.5) is 8.78 Å². The van der Waals surface area contributed by atoms with Crippen LogP contribution in [0.2, 0.25) is 0 Å². The van der Waals surface area contributed by atoms with Gasteiger partial charge in [-0.05, 0) is 17.5 Å². The minimum atomic E-state index is -0.728. The fourth-order valence-electron chi connectivity index (χ4n) is 1.50. The standard InChI is InChI=1S/C11H5BrF2O/c12-9-2-1-6-3-7(13)4-10(14)11(6)8(9)5-15/h1-5H. The van der Waals surface area contributed by atoms with Crippen molar-refractivity contribution in [2.24, 2.45) is 0 Å². The zero-order valence-electron chi connectivity index (χ0n) is 7.43. The maximum Gasteiger partial charge on any atom is 0.151 e. The molecule has 0 aliphatic heterocycles. The summed E-state index contributed by atoms with van der Waals surface area (Å²) in [4.78, 5) is 10.8. The molecule has 76 valence electrons. The molecule has 0 aromatic heterocycles. The predicted octanol–water partition coefficient (Wildman–Crippen LogP) is 3.69. The van der Waals surface area contributed by atoms with Crippen molar-refractivity contribution in [1.82, 2.24) is 0 Å². The third-order valence-corrected chi connectivity index (χ3v) is 2.83. The van der Waals surface area contributed by atoms with Gasteiger partial charge in [0.1, 0.15) is 11.6 Å². The maximum atomic E-state index is 13.5. The average molecular weight is 271 g/mol. The smallest absolute Gasteiger partial charge is 0.151 e. The Morgan fingerprint density at radius 2 is 1.93 bits per heavy atom. The average Bonchev–Trinajstić information content (AvgIpc) is 2.18. The molecule has 0 aliphatic rings. The zero-order chi connectivity index (χ0) is 11.0. The SMILES string of the molecule is O=Cc1c(Br)ccc2cc(F)cc(F)c12. The molecule has 0 heterocycles. The Bertz CT molecular complexity index is 552. The van der Waals surface area contributed by atoms with Crippen molar-refractivity contribution >= 4 is 33.0 Å². The summed E-state index contributed by atoms with van der Waals surface area (Å²) >= 11 is 3.14. The number of carbonyl (C=O) groups is 1. The summed E-state index contributed by atoms with van der Waals surface area (Å²) in [5, 5.41) is 0.513. The second kappa shape index (κ2) is 3.70. The fraction of sp³-hybridized carbons (Fsp3) is 0. The normalized spacial score (nSPS) is 10.6. The van der Waals surface area contributed by atoms with Crippen LogP contribution in [-0.4, -0.2) is 6.29 Å². The third kappa shape index (κ3) is 1.65. The van der Waals surface area contributed by atoms with Crippen LogP contribution < -0.4 is 0 Å². The first-order valence-electron chi connectivity index (χ1n) is 4.16. The van der Waals surface area contributed by atoms with Crippen LogP contribution in [0, 0.1) is 11.6 Å². The lowest BCUT2D eigenvalue weighted by Gasteiger charge is -2.04. The van der Waals surface area contributed by atoms with E-state index in [0.29, 0.717) is 16.1 Å². The molecule has 0 fully saturated rings. The first-order chi connectivity index (χ1) is 7.13. The van der Waals surface area contributed by atoms with Gasteiger partial charge in [-0.25, -0.2) is 8.78 Å². The largest absolute Gasteiger partial charge is 0.298 e. The highest BCUT2D eigenvalue weighted by Crippen LogP contribution is 2.28. The van der Waals surface area contributed by atoms with Crippen molar-refractivity contribution in [2.45, 2.75) is 0 Å². The van der Waals surface area contributed by atoms with Gasteiger partial charge in [0.05, 0.1) is 0 Å². The highest BCUT2D eigenvalue weighted by atomic mass is 79.9. The van der Waals surface area contributed by atoms with E-state index in [2.05, 4.69) is 15.9 Å². The molecule has 2 aromatic rings. The molecule has 4 heteroatoms. The van der Waals surface area contributed by atoms with E-state index in [1.54, 1.807) is 12.1 Å². The minimum Gasteiger partial charge on any atom is -0.298 e. The molecule has 0 bridgehead atoms. The highest BCUT2D eigenvalue weighted by molar-refractivity contribution is 9.10. The summed E-state index contributed by atoms with van der Waals surface area (Å²) < 4.78 is 26.8. The van der Waals surface area contributed by atoms with Gasteiger partial charge in [0.15, 0.2) is 6.29 Å². The van der Waals surface area contributed by atoms with Gasteiger partial charge in [0.2, 0.25) is 0 Å². The van der Waals surface area contributed by atoms with E-state index in [-0.39, 0.29) is 10.9 Å². The van der Waals surface area contributed by atoms with E-state index in [4.69, 9.17) is 0 Å². The van der Waals surface area contributed by atoms with Crippen LogP contribution in [0.15, 0.2) is 28.7 Å². The van der Waals surface area contributed by atoms with Crippen molar-refractivity contribution in [3.8, 4) is 0 Å². The lowest BCUT2D eigenvalue weighted by Crippen LogP contribution is -1.91. The van der Waals surface area contributed by atoms with Crippen molar-refractivity contribution in [3.63, 3.8) is 0 Å². The van der Waals surface area contributed by atoms with Crippen molar-refractivity contribution in [2.75, 3.05) is 0 Å². The molecule has 0 saturated carbocycles. The van der Waals surface area contributed by atoms with E-state index >= 15 is 0 Å². The molecule has 0 spiro atoms. The lowest BCUT2D eigenvalue weighted by molar-refractivity contribution is 0.112. The van der Waals surface area contributed by atoms with Crippen LogP contribution >= 0.6 is 15.9 Å². The Labute approximate surface area is 92.8 Å². The molecule has 15 heavy (non-hydrogen) atoms. The topological polar surface area (TPSA) is 17.1 Å². The second-order valence-corrected chi connectivity index (χ2v) is 3.92. The van der Waals surface area contributed by atoms with Crippen LogP contribution in [0.1, 0.15) is 10.4 Å². The Morgan fingerprint density at radius 1 is 1.20 bits per heavy atom. The number of fused-ring (bicyclic) bond motifs is 1. The van der Waals surface area contributed by atoms with Gasteiger partial charge in [0, 0.05) is 21.5 Å². The van der Waals surface area contributed by atoms with Gasteiger partial charge >= 0.3 is 0 Å². The number of rotatable bonds is 1. The first-order valence-corrected chi connectivity index (χ1v) is 4.95. The zero-order valence-corrected chi connectivity index (χ0v) is 9.01. The number of benzene rings is 2. The lowest BCUT2D eigenvalue weighted by atomic mass is 10.0. The highest BCUT2D eigenvalue weighted by Gasteiger charge is 2.10. The van der Waals surface area contributed by atoms with Crippen LogP contribution in [0.25, 0.3) is 10.8 Å². The van der Waals surface area contributed by atoms with Crippen LogP contribution in [0.3, 0.4) is 0 Å². The summed E-state index contributed by atoms with van der Waals surface area (Å²) in [6.07, 6.45) is 0.549. The number of aldehydes is 1. The van der Waals surface area contributed by atoms with Gasteiger partial charge in [-0.3, -0.25) is 4.79 Å². The van der Waals surface area contributed by atoms with Crippen LogP contribution in [-0.2, 0) is 0 Å². The molecule has 0 radical (unpaired) electrons. The molecule has 0 N–H and O–H groups in total. The summed E-state index contributed by atoms with van der Waals surface area (Å²) in [5.41, 5.74) is 0.199. The van der Waals surface area contributed by atoms with Gasteiger partial charge in [-0.2, -0.15) is 0 Å². The number of carbonyl (C=O) groups excluding carboxylic acids is 1. The molecular weight excluding hydrogens is 266 g/mol. The summed E-state index contributed by atoms with van der Waals surface area (Å²) in [5.74, 6) is -1.38. The van der Waals surface area contributed by atoms with Crippen LogP contribution in [0.5, 0.6) is 0 Å². The Hall–Kier alpha value is -1.29. The van der Waals surface area contributed by atoms with Crippen molar-refractivity contribution < 1.29 is 13.6 Å². The molecule has 0 saturated heterocycles. The van der Waals surface area contributed by atoms with Gasteiger partial charge in [-0.1, -0.05) is 22.0 Å². The first kappa shape index (κ1) is 10.2. The molecular formula is C11H5BrF2O. The van der Waals surface area contributed by atoms with Crippen molar-refractivity contribution in [3.05, 3.63) is 45.9 Å². The monoisotopic (exact) mass is 270 g/mol. The summed E-state index contributed by atoms with van der Waals surface area (Å²) in [6, 6.07) is 5.10. The quantitative estimate of drug-likeness (QED) is 0.723. The fourth-order valence-corrected chi connectivity index (χ4v) is 1.92. The third-order valence-electron chi connectivity index (χ3n) is 2.14. The Kier molecular flexibility index (Phi) is 2.52. The molecule has 0 atom stereocenters. The Morgan fingerprint density at radius 3 is 2.60 bits per heavy atom. The summed E-state index contributed by atoms with van der Waals surface area (Å²) in [7, 11) is 0. The number of hydrogen-bond acceptors (Lipinski definition) is 1. The molecule has 0 unspecified atom stereocenters. The molecule has 0 amide bonds. The molecule has 2 aromatic carbocycles. The molecule has 0 aliphatic carbocycles. The van der Waals surface area contributed by atoms with E-state index in [1.807, 2.05) is 0 Å². The van der Waals surface area contributed by atoms with E-state index < -0.39 is 11.6 Å². The Balaban J connectivity index is 2.97. The van der Waals surface area contributed by atoms with Gasteiger partial charge < -0.3 is 0 Å². The van der Waals surface area contributed by atoms with Gasteiger partial charge in [0.25, 0.3) is 0 Å². The molecule has 1 nitrogen and oxygen atoms in total. The van der Waals surface area contributed by atoms with E-state index in [1.165, 1.54) is 6.07 Å². The molecule has 2 rings (SSSR count). The van der Waals surface area contributed by atoms with E-state index in [9.17, 15) is 13.6 Å². The second-order valence-electron chi connectivity index (χ2n) is 3.06. The summed E-state index contributed by atoms with van der Waals surface area (Å²) in [6.45, 7) is 0. The number of halogens is 3. The van der Waals surface area contributed by atoms with Gasteiger partial charge in [-0.15, -0.1) is 0 Å². The maximum absolute atomic E-state index is 13.5. The predicted molar refractivity (Wildman–Crippen MR) is 57.0 cm³/mol. The van der Waals surface area contributed by atoms with E-state index in [0.717, 1.165) is 6.07 Å². The number of hydrogen-bond donors (Lipinski definition) is 0. The minimum absolute atomic E-state index is 0.140.